The number of fused-ring (bicyclic) bond motifs is 3. The van der Waals surface area contributed by atoms with Gasteiger partial charge in [-0.05, 0) is 44.1 Å². The third kappa shape index (κ3) is 4.54. The van der Waals surface area contributed by atoms with Crippen LogP contribution < -0.4 is 10.6 Å². The van der Waals surface area contributed by atoms with Crippen LogP contribution >= 0.6 is 23.1 Å². The molecule has 0 aliphatic carbocycles. The average molecular weight is 572 g/mol. The van der Waals surface area contributed by atoms with Crippen LogP contribution in [0.4, 0.5) is 23.2 Å². The summed E-state index contributed by atoms with van der Waals surface area (Å²) in [6.45, 7) is 0. The summed E-state index contributed by atoms with van der Waals surface area (Å²) in [5.74, 6) is -0.236. The van der Waals surface area contributed by atoms with Crippen LogP contribution in [0.1, 0.15) is 37.6 Å². The number of amides is 1. The van der Waals surface area contributed by atoms with Gasteiger partial charge in [-0.15, -0.1) is 11.3 Å². The molecule has 3 aliphatic heterocycles. The van der Waals surface area contributed by atoms with Crippen molar-refractivity contribution < 1.29 is 31.6 Å². The number of nitrogens with one attached hydrogen (secondary N) is 2. The highest BCUT2D eigenvalue weighted by molar-refractivity contribution is 8.00. The topological polar surface area (TPSA) is 92.5 Å². The van der Waals surface area contributed by atoms with E-state index >= 15 is 4.39 Å². The SMILES string of the molecule is CO[C@@H]1C[C@H](c2nc(-c3sc4c(N[C@@H]5C[C@H]6CC[C@@H]([C@@H]5F)N6C)cccc4c3SC(F)(F)F)no2)NC1=O. The van der Waals surface area contributed by atoms with E-state index in [1.54, 1.807) is 18.2 Å². The summed E-state index contributed by atoms with van der Waals surface area (Å²) in [5, 5.41) is 10.3. The van der Waals surface area contributed by atoms with Gasteiger partial charge in [0.1, 0.15) is 18.3 Å². The number of thioether (sulfide) groups is 1. The van der Waals surface area contributed by atoms with Crippen LogP contribution in [-0.4, -0.2) is 71.0 Å². The largest absolute Gasteiger partial charge is 0.446 e. The maximum Gasteiger partial charge on any atom is 0.446 e. The summed E-state index contributed by atoms with van der Waals surface area (Å²) in [4.78, 5) is 18.6. The van der Waals surface area contributed by atoms with Gasteiger partial charge in [0.15, 0.2) is 0 Å². The number of ether oxygens (including phenoxy) is 1. The van der Waals surface area contributed by atoms with E-state index in [0.717, 1.165) is 24.2 Å². The van der Waals surface area contributed by atoms with Gasteiger partial charge < -0.3 is 19.9 Å². The Balaban J connectivity index is 1.36. The number of piperidine rings is 1. The lowest BCUT2D eigenvalue weighted by molar-refractivity contribution is -0.127. The van der Waals surface area contributed by atoms with Gasteiger partial charge >= 0.3 is 5.51 Å². The molecule has 0 unspecified atom stereocenters. The summed E-state index contributed by atoms with van der Waals surface area (Å²) in [6, 6.07) is 4.13. The number of hydrogen-bond acceptors (Lipinski definition) is 9. The first-order chi connectivity index (χ1) is 18.1. The normalized spacial score (nSPS) is 29.8. The van der Waals surface area contributed by atoms with Gasteiger partial charge in [-0.25, -0.2) is 4.39 Å². The quantitative estimate of drug-likeness (QED) is 0.311. The monoisotopic (exact) mass is 571 g/mol. The number of alkyl halides is 4. The molecule has 38 heavy (non-hydrogen) atoms. The second kappa shape index (κ2) is 9.65. The summed E-state index contributed by atoms with van der Waals surface area (Å²) in [6.07, 6.45) is 0.870. The van der Waals surface area contributed by atoms with Gasteiger partial charge in [0.25, 0.3) is 0 Å². The smallest absolute Gasteiger partial charge is 0.378 e. The van der Waals surface area contributed by atoms with Crippen LogP contribution in [0.5, 0.6) is 0 Å². The van der Waals surface area contributed by atoms with E-state index < -0.39 is 29.9 Å². The molecule has 1 amide bonds. The van der Waals surface area contributed by atoms with Crippen molar-refractivity contribution in [1.29, 1.82) is 0 Å². The Labute approximate surface area is 223 Å². The minimum Gasteiger partial charge on any atom is -0.378 e. The number of anilines is 1. The Bertz CT molecular complexity index is 1360. The maximum absolute atomic E-state index is 15.4. The van der Waals surface area contributed by atoms with Gasteiger partial charge in [-0.3, -0.25) is 9.69 Å². The summed E-state index contributed by atoms with van der Waals surface area (Å²) < 4.78 is 67.3. The zero-order valence-electron chi connectivity index (χ0n) is 20.4. The van der Waals surface area contributed by atoms with Crippen molar-refractivity contribution in [3.8, 4) is 10.7 Å². The molecule has 2 aromatic heterocycles. The molecule has 8 nitrogen and oxygen atoms in total. The number of carbonyl (C=O) groups excluding carboxylic acids is 1. The highest BCUT2D eigenvalue weighted by Gasteiger charge is 2.46. The number of thiophene rings is 1. The van der Waals surface area contributed by atoms with E-state index in [9.17, 15) is 18.0 Å². The van der Waals surface area contributed by atoms with Crippen molar-refractivity contribution in [3.05, 3.63) is 24.1 Å². The van der Waals surface area contributed by atoms with Gasteiger partial charge in [0, 0.05) is 35.9 Å². The third-order valence-electron chi connectivity index (χ3n) is 7.69. The fourth-order valence-corrected chi connectivity index (χ4v) is 7.90. The predicted octanol–water partition coefficient (Wildman–Crippen LogP) is 5.12. The van der Waals surface area contributed by atoms with Gasteiger partial charge in [-0.2, -0.15) is 18.2 Å². The molecule has 2 N–H and O–H groups in total. The lowest BCUT2D eigenvalue weighted by Crippen LogP contribution is -2.53. The third-order valence-corrected chi connectivity index (χ3v) is 9.91. The molecule has 0 radical (unpaired) electrons. The molecule has 14 heteroatoms. The Morgan fingerprint density at radius 2 is 2.11 bits per heavy atom. The molecule has 5 heterocycles. The first-order valence-corrected chi connectivity index (χ1v) is 13.9. The minimum atomic E-state index is -4.55. The van der Waals surface area contributed by atoms with E-state index in [0.29, 0.717) is 22.2 Å². The van der Waals surface area contributed by atoms with Crippen LogP contribution in [-0.2, 0) is 9.53 Å². The Hall–Kier alpha value is -2.42. The van der Waals surface area contributed by atoms with Crippen molar-refractivity contribution in [3.63, 3.8) is 0 Å². The highest BCUT2D eigenvalue weighted by atomic mass is 32.2. The number of aromatic nitrogens is 2. The fourth-order valence-electron chi connectivity index (χ4n) is 5.79. The molecule has 3 saturated heterocycles. The summed E-state index contributed by atoms with van der Waals surface area (Å²) in [5.41, 5.74) is -3.98. The molecule has 3 aromatic rings. The van der Waals surface area contributed by atoms with Crippen LogP contribution in [0, 0.1) is 0 Å². The van der Waals surface area contributed by atoms with Crippen molar-refractivity contribution in [2.45, 2.75) is 72.5 Å². The van der Waals surface area contributed by atoms with E-state index in [1.165, 1.54) is 7.11 Å². The number of carbonyl (C=O) groups is 1. The van der Waals surface area contributed by atoms with E-state index in [2.05, 4.69) is 25.7 Å². The highest BCUT2D eigenvalue weighted by Crippen LogP contribution is 2.51. The number of benzene rings is 1. The molecule has 0 saturated carbocycles. The molecule has 0 spiro atoms. The van der Waals surface area contributed by atoms with E-state index in [4.69, 9.17) is 9.26 Å². The Morgan fingerprint density at radius 3 is 2.84 bits per heavy atom. The zero-order valence-corrected chi connectivity index (χ0v) is 22.1. The maximum atomic E-state index is 15.4. The molecular formula is C24H25F4N5O3S2. The molecule has 2 bridgehead atoms. The number of hydrogen-bond donors (Lipinski definition) is 2. The fraction of sp³-hybridized carbons (Fsp3) is 0.542. The van der Waals surface area contributed by atoms with Crippen LogP contribution in [0.25, 0.3) is 20.8 Å². The Morgan fingerprint density at radius 1 is 1.29 bits per heavy atom. The lowest BCUT2D eigenvalue weighted by atomic mass is 9.95. The molecule has 3 fully saturated rings. The average Bonchev–Trinajstić information content (AvgIpc) is 3.62. The van der Waals surface area contributed by atoms with Crippen molar-refractivity contribution >= 4 is 44.8 Å². The van der Waals surface area contributed by atoms with Crippen molar-refractivity contribution in [2.24, 2.45) is 0 Å². The van der Waals surface area contributed by atoms with E-state index in [-0.39, 0.29) is 57.7 Å². The molecular weight excluding hydrogens is 546 g/mol. The van der Waals surface area contributed by atoms with Gasteiger partial charge in [0.2, 0.25) is 17.6 Å². The second-order valence-corrected chi connectivity index (χ2v) is 12.0. The summed E-state index contributed by atoms with van der Waals surface area (Å²) >= 11 is 0.861. The minimum absolute atomic E-state index is 0.00489. The first-order valence-electron chi connectivity index (χ1n) is 12.2. The van der Waals surface area contributed by atoms with Crippen LogP contribution in [0.3, 0.4) is 0 Å². The van der Waals surface area contributed by atoms with Crippen molar-refractivity contribution in [1.82, 2.24) is 20.4 Å². The van der Waals surface area contributed by atoms with Crippen LogP contribution in [0.2, 0.25) is 0 Å². The van der Waals surface area contributed by atoms with Gasteiger partial charge in [0.05, 0.1) is 21.3 Å². The van der Waals surface area contributed by atoms with Crippen LogP contribution in [0.15, 0.2) is 27.6 Å². The van der Waals surface area contributed by atoms with E-state index in [1.807, 2.05) is 7.05 Å². The molecule has 204 valence electrons. The standard InChI is InChI=1S/C24H25F4N5O3S2/c1-33-10-6-7-15(33)17(25)13(8-10)29-12-5-3-4-11-18(12)37-20(19(11)38-24(26,27)28)21-31-23(36-32-21)14-9-16(35-2)22(34)30-14/h3-5,10,13-17,29H,6-9H2,1-2H3,(H,30,34)/t10-,13-,14-,15+,16-,17-/m1/s1. The molecule has 6 rings (SSSR count). The second-order valence-electron chi connectivity index (χ2n) is 9.86. The lowest BCUT2D eigenvalue weighted by Gasteiger charge is -2.39. The molecule has 6 atom stereocenters. The number of nitrogens with zero attached hydrogens (tertiary/aromatic N) is 3. The van der Waals surface area contributed by atoms with Crippen molar-refractivity contribution in [2.75, 3.05) is 19.5 Å². The Kier molecular flexibility index (Phi) is 6.56. The first kappa shape index (κ1) is 25.8. The number of halogens is 4. The molecule has 3 aliphatic rings. The number of rotatable bonds is 6. The number of methoxy groups -OCH3 is 1. The zero-order chi connectivity index (χ0) is 26.8. The predicted molar refractivity (Wildman–Crippen MR) is 135 cm³/mol. The summed E-state index contributed by atoms with van der Waals surface area (Å²) in [7, 11) is 3.36. The molecule has 1 aromatic carbocycles. The van der Waals surface area contributed by atoms with Gasteiger partial charge in [-0.1, -0.05) is 17.3 Å².